The van der Waals surface area contributed by atoms with Gasteiger partial charge in [-0.15, -0.1) is 0 Å². The third kappa shape index (κ3) is 1.87. The van der Waals surface area contributed by atoms with Gasteiger partial charge in [0.15, 0.2) is 5.54 Å². The summed E-state index contributed by atoms with van der Waals surface area (Å²) < 4.78 is 0. The molecule has 1 spiro atoms. The number of hydrogen-bond acceptors (Lipinski definition) is 3. The summed E-state index contributed by atoms with van der Waals surface area (Å²) in [6, 6.07) is 0. The van der Waals surface area contributed by atoms with Gasteiger partial charge < -0.3 is 15.5 Å². The zero-order chi connectivity index (χ0) is 13.5. The largest absolute Gasteiger partial charge is 0.345 e. The molecule has 2 fully saturated rings. The second kappa shape index (κ2) is 4.12. The van der Waals surface area contributed by atoms with Crippen molar-refractivity contribution < 1.29 is 14.4 Å². The summed E-state index contributed by atoms with van der Waals surface area (Å²) in [6.45, 7) is 6.02. The lowest BCUT2D eigenvalue weighted by Crippen LogP contribution is -2.80. The van der Waals surface area contributed by atoms with Crippen molar-refractivity contribution in [3.05, 3.63) is 11.1 Å². The van der Waals surface area contributed by atoms with Crippen LogP contribution in [0, 0.1) is 0 Å². The van der Waals surface area contributed by atoms with Gasteiger partial charge in [-0.05, 0) is 20.8 Å². The van der Waals surface area contributed by atoms with Crippen molar-refractivity contribution in [3.63, 3.8) is 0 Å². The van der Waals surface area contributed by atoms with Crippen LogP contribution in [-0.2, 0) is 14.4 Å². The van der Waals surface area contributed by atoms with Gasteiger partial charge in [-0.1, -0.05) is 5.57 Å². The topological polar surface area (TPSA) is 78.5 Å². The van der Waals surface area contributed by atoms with Crippen molar-refractivity contribution in [2.45, 2.75) is 26.3 Å². The molecule has 6 heteroatoms. The molecular formula is C12H17N3O3. The first-order valence-electron chi connectivity index (χ1n) is 5.88. The van der Waals surface area contributed by atoms with Gasteiger partial charge in [-0.3, -0.25) is 14.4 Å². The second-order valence-electron chi connectivity index (χ2n) is 5.10. The molecule has 2 saturated heterocycles. The van der Waals surface area contributed by atoms with E-state index in [4.69, 9.17) is 0 Å². The first kappa shape index (κ1) is 12.6. The number of carbonyl (C=O) groups excluding carboxylic acids is 3. The Balaban J connectivity index is 2.05. The van der Waals surface area contributed by atoms with Crippen molar-refractivity contribution in [3.8, 4) is 0 Å². The van der Waals surface area contributed by atoms with Crippen LogP contribution < -0.4 is 10.6 Å². The van der Waals surface area contributed by atoms with Crippen molar-refractivity contribution in [2.75, 3.05) is 19.6 Å². The molecule has 18 heavy (non-hydrogen) atoms. The molecular weight excluding hydrogens is 234 g/mol. The van der Waals surface area contributed by atoms with E-state index in [1.807, 2.05) is 13.8 Å². The van der Waals surface area contributed by atoms with E-state index in [1.54, 1.807) is 11.8 Å². The molecule has 0 radical (unpaired) electrons. The van der Waals surface area contributed by atoms with Crippen LogP contribution in [-0.4, -0.2) is 47.8 Å². The van der Waals surface area contributed by atoms with Gasteiger partial charge in [0.2, 0.25) is 17.7 Å². The monoisotopic (exact) mass is 251 g/mol. The summed E-state index contributed by atoms with van der Waals surface area (Å²) in [6.07, 6.45) is 0. The van der Waals surface area contributed by atoms with Gasteiger partial charge in [0.25, 0.3) is 0 Å². The number of allylic oxidation sites excluding steroid dienone is 1. The van der Waals surface area contributed by atoms with E-state index in [9.17, 15) is 14.4 Å². The third-order valence-electron chi connectivity index (χ3n) is 3.50. The summed E-state index contributed by atoms with van der Waals surface area (Å²) in [7, 11) is 0. The molecule has 2 rings (SSSR count). The Bertz CT molecular complexity index is 457. The average molecular weight is 251 g/mol. The molecule has 0 aromatic heterocycles. The van der Waals surface area contributed by atoms with Crippen molar-refractivity contribution in [1.82, 2.24) is 15.5 Å². The zero-order valence-electron chi connectivity index (χ0n) is 10.8. The third-order valence-corrected chi connectivity index (χ3v) is 3.50. The first-order valence-corrected chi connectivity index (χ1v) is 5.88. The quantitative estimate of drug-likeness (QED) is 0.597. The van der Waals surface area contributed by atoms with Crippen LogP contribution >= 0.6 is 0 Å². The minimum Gasteiger partial charge on any atom is -0.345 e. The Morgan fingerprint density at radius 2 is 1.83 bits per heavy atom. The predicted molar refractivity (Wildman–Crippen MR) is 64.5 cm³/mol. The smallest absolute Gasteiger partial charge is 0.249 e. The fourth-order valence-corrected chi connectivity index (χ4v) is 2.12. The molecule has 0 aromatic carbocycles. The second-order valence-corrected chi connectivity index (χ2v) is 5.10. The number of piperazine rings is 1. The highest BCUT2D eigenvalue weighted by molar-refractivity contribution is 6.02. The van der Waals surface area contributed by atoms with Crippen LogP contribution in [0.25, 0.3) is 0 Å². The van der Waals surface area contributed by atoms with Crippen molar-refractivity contribution in [1.29, 1.82) is 0 Å². The molecule has 2 heterocycles. The summed E-state index contributed by atoms with van der Waals surface area (Å²) in [5.41, 5.74) is 0.734. The number of carbonyl (C=O) groups is 3. The predicted octanol–water partition coefficient (Wildman–Crippen LogP) is -0.830. The van der Waals surface area contributed by atoms with Crippen LogP contribution in [0.15, 0.2) is 11.1 Å². The van der Waals surface area contributed by atoms with E-state index in [1.165, 1.54) is 0 Å². The maximum Gasteiger partial charge on any atom is 0.249 e. The van der Waals surface area contributed by atoms with Gasteiger partial charge in [-0.2, -0.15) is 0 Å². The Hall–Kier alpha value is -1.85. The highest BCUT2D eigenvalue weighted by Gasteiger charge is 2.53. The molecule has 6 nitrogen and oxygen atoms in total. The number of nitrogens with zero attached hydrogens (tertiary/aromatic N) is 1. The molecule has 0 unspecified atom stereocenters. The summed E-state index contributed by atoms with van der Waals surface area (Å²) in [5.74, 6) is -0.491. The highest BCUT2D eigenvalue weighted by Crippen LogP contribution is 2.25. The molecule has 0 bridgehead atoms. The zero-order valence-corrected chi connectivity index (χ0v) is 10.8. The average Bonchev–Trinajstić information content (AvgIpc) is 2.27. The maximum atomic E-state index is 12.0. The lowest BCUT2D eigenvalue weighted by atomic mass is 9.86. The van der Waals surface area contributed by atoms with E-state index >= 15 is 0 Å². The number of hydrogen-bond donors (Lipinski definition) is 2. The molecule has 2 N–H and O–H groups in total. The molecule has 98 valence electrons. The molecule has 2 aliphatic heterocycles. The van der Waals surface area contributed by atoms with Crippen molar-refractivity contribution in [2.24, 2.45) is 0 Å². The van der Waals surface area contributed by atoms with E-state index in [0.29, 0.717) is 5.57 Å². The highest BCUT2D eigenvalue weighted by atomic mass is 16.2. The number of nitrogens with one attached hydrogen (secondary N) is 2. The fourth-order valence-electron chi connectivity index (χ4n) is 2.12. The summed E-state index contributed by atoms with van der Waals surface area (Å²) in [5, 5.41) is 5.21. The van der Waals surface area contributed by atoms with E-state index in [-0.39, 0.29) is 37.4 Å². The minimum atomic E-state index is -0.910. The normalized spacial score (nSPS) is 20.9. The Kier molecular flexibility index (Phi) is 2.88. The van der Waals surface area contributed by atoms with Crippen molar-refractivity contribution >= 4 is 17.7 Å². The van der Waals surface area contributed by atoms with Gasteiger partial charge in [0.05, 0.1) is 19.6 Å². The molecule has 0 aliphatic carbocycles. The summed E-state index contributed by atoms with van der Waals surface area (Å²) in [4.78, 5) is 36.6. The van der Waals surface area contributed by atoms with Crippen LogP contribution in [0.1, 0.15) is 20.8 Å². The molecule has 2 aliphatic rings. The molecule has 0 atom stereocenters. The first-order chi connectivity index (χ1) is 8.35. The van der Waals surface area contributed by atoms with Gasteiger partial charge in [0, 0.05) is 5.57 Å². The lowest BCUT2D eigenvalue weighted by Gasteiger charge is -2.50. The fraction of sp³-hybridized carbons (Fsp3) is 0.583. The van der Waals surface area contributed by atoms with Crippen LogP contribution in [0.5, 0.6) is 0 Å². The maximum absolute atomic E-state index is 12.0. The van der Waals surface area contributed by atoms with Crippen LogP contribution in [0.3, 0.4) is 0 Å². The molecule has 0 aromatic rings. The molecule has 3 amide bonds. The van der Waals surface area contributed by atoms with Crippen LogP contribution in [0.2, 0.25) is 0 Å². The van der Waals surface area contributed by atoms with E-state index in [2.05, 4.69) is 10.6 Å². The lowest BCUT2D eigenvalue weighted by molar-refractivity contribution is -0.152. The van der Waals surface area contributed by atoms with Gasteiger partial charge in [0.1, 0.15) is 0 Å². The van der Waals surface area contributed by atoms with E-state index < -0.39 is 5.54 Å². The number of amides is 3. The SMILES string of the molecule is CC(C)=C(C)C(=O)N1CC2(C1)NC(=O)CNC2=O. The number of rotatable bonds is 1. The van der Waals surface area contributed by atoms with Crippen LogP contribution in [0.4, 0.5) is 0 Å². The number of likely N-dealkylation sites (tertiary alicyclic amines) is 1. The molecule has 0 saturated carbocycles. The Morgan fingerprint density at radius 1 is 1.22 bits per heavy atom. The van der Waals surface area contributed by atoms with Gasteiger partial charge >= 0.3 is 0 Å². The summed E-state index contributed by atoms with van der Waals surface area (Å²) >= 11 is 0. The van der Waals surface area contributed by atoms with E-state index in [0.717, 1.165) is 5.57 Å². The van der Waals surface area contributed by atoms with Gasteiger partial charge in [-0.25, -0.2) is 0 Å². The Morgan fingerprint density at radius 3 is 2.39 bits per heavy atom. The Labute approximate surface area is 105 Å². The standard InChI is InChI=1S/C12H17N3O3/c1-7(2)8(3)10(17)15-5-12(6-15)11(18)13-4-9(16)14-12/h4-6H2,1-3H3,(H,13,18)(H,14,16). The minimum absolute atomic E-state index is 0.0154.